The van der Waals surface area contributed by atoms with Gasteiger partial charge in [-0.3, -0.25) is 4.79 Å². The third-order valence-corrected chi connectivity index (χ3v) is 4.54. The topological polar surface area (TPSA) is 87.7 Å². The van der Waals surface area contributed by atoms with Crippen LogP contribution in [-0.2, 0) is 4.79 Å². The lowest BCUT2D eigenvalue weighted by Crippen LogP contribution is -2.41. The number of rotatable bonds is 5. The molecule has 0 radical (unpaired) electrons. The zero-order chi connectivity index (χ0) is 11.5. The van der Waals surface area contributed by atoms with Gasteiger partial charge in [-0.15, -0.1) is 0 Å². The second-order valence-corrected chi connectivity index (χ2v) is 5.54. The molecule has 0 bridgehead atoms. The molecule has 0 spiro atoms. The third-order valence-electron chi connectivity index (χ3n) is 3.04. The van der Waals surface area contributed by atoms with Crippen LogP contribution in [0.2, 0.25) is 0 Å². The number of carboxylic acid groups (broad SMARTS) is 1. The Hall–Kier alpha value is -0.910. The van der Waals surface area contributed by atoms with Crippen LogP contribution in [0.25, 0.3) is 0 Å². The number of aliphatic carboxylic acids is 1. The predicted octanol–water partition coefficient (Wildman–Crippen LogP) is 0.402. The number of nitrogens with two attached hydrogens (primary N) is 1. The maximum Gasteiger partial charge on any atom is 0.303 e. The molecule has 6 heteroatoms. The Morgan fingerprint density at radius 2 is 2.44 bits per heavy atom. The predicted molar refractivity (Wildman–Crippen MR) is 64.7 cm³/mol. The van der Waals surface area contributed by atoms with Crippen molar-refractivity contribution in [1.29, 1.82) is 0 Å². The standard InChI is InChI=1S/C10H17N3O2S/c11-10-12-6-5-16-7(9(6)13-10)3-1-2-4-8(14)15/h6-7,9H,1-5H2,(H,14,15)(H3,11,12,13)/t6-,7-,9?/m0/s1. The fourth-order valence-corrected chi connectivity index (χ4v) is 3.77. The van der Waals surface area contributed by atoms with E-state index in [0.29, 0.717) is 23.3 Å². The van der Waals surface area contributed by atoms with Gasteiger partial charge in [0.25, 0.3) is 0 Å². The maximum atomic E-state index is 10.4. The van der Waals surface area contributed by atoms with Gasteiger partial charge in [0.2, 0.25) is 0 Å². The minimum Gasteiger partial charge on any atom is -0.481 e. The average molecular weight is 243 g/mol. The fraction of sp³-hybridized carbons (Fsp3) is 0.800. The van der Waals surface area contributed by atoms with Crippen molar-refractivity contribution in [2.75, 3.05) is 5.75 Å². The highest BCUT2D eigenvalue weighted by Crippen LogP contribution is 2.34. The number of nitrogens with zero attached hydrogens (tertiary/aromatic N) is 1. The minimum absolute atomic E-state index is 0.275. The normalized spacial score (nSPS) is 32.0. The molecule has 0 aliphatic carbocycles. The summed E-state index contributed by atoms with van der Waals surface area (Å²) in [5.74, 6) is 0.886. The summed E-state index contributed by atoms with van der Waals surface area (Å²) in [5.41, 5.74) is 5.63. The van der Waals surface area contributed by atoms with Gasteiger partial charge in [-0.1, -0.05) is 6.42 Å². The van der Waals surface area contributed by atoms with Crippen molar-refractivity contribution < 1.29 is 9.90 Å². The largest absolute Gasteiger partial charge is 0.481 e. The fourth-order valence-electron chi connectivity index (χ4n) is 2.26. The van der Waals surface area contributed by atoms with Crippen LogP contribution in [0, 0.1) is 0 Å². The number of carbonyl (C=O) groups is 1. The van der Waals surface area contributed by atoms with E-state index in [4.69, 9.17) is 10.8 Å². The molecule has 0 amide bonds. The number of thioether (sulfide) groups is 1. The highest BCUT2D eigenvalue weighted by molar-refractivity contribution is 8.00. The molecule has 2 aliphatic rings. The highest BCUT2D eigenvalue weighted by atomic mass is 32.2. The molecule has 16 heavy (non-hydrogen) atoms. The van der Waals surface area contributed by atoms with E-state index in [9.17, 15) is 4.79 Å². The van der Waals surface area contributed by atoms with E-state index in [1.54, 1.807) is 0 Å². The quantitative estimate of drug-likeness (QED) is 0.608. The number of nitrogens with one attached hydrogen (secondary N) is 1. The molecule has 1 saturated heterocycles. The van der Waals surface area contributed by atoms with Crippen LogP contribution in [0.4, 0.5) is 0 Å². The van der Waals surface area contributed by atoms with Crippen molar-refractivity contribution >= 4 is 23.7 Å². The second kappa shape index (κ2) is 4.95. The summed E-state index contributed by atoms with van der Waals surface area (Å²) in [5, 5.41) is 12.3. The first-order valence-electron chi connectivity index (χ1n) is 5.60. The Labute approximate surface area is 98.9 Å². The first kappa shape index (κ1) is 11.6. The van der Waals surface area contributed by atoms with E-state index in [0.717, 1.165) is 25.0 Å². The summed E-state index contributed by atoms with van der Waals surface area (Å²) in [6.07, 6.45) is 3.06. The lowest BCUT2D eigenvalue weighted by molar-refractivity contribution is -0.137. The molecule has 4 N–H and O–H groups in total. The van der Waals surface area contributed by atoms with Crippen LogP contribution < -0.4 is 11.1 Å². The molecule has 0 aromatic heterocycles. The Kier molecular flexibility index (Phi) is 3.58. The number of hydrogen-bond acceptors (Lipinski definition) is 5. The zero-order valence-corrected chi connectivity index (χ0v) is 9.87. The lowest BCUT2D eigenvalue weighted by Gasteiger charge is -2.17. The minimum atomic E-state index is -0.705. The van der Waals surface area contributed by atoms with Crippen LogP contribution in [0.5, 0.6) is 0 Å². The van der Waals surface area contributed by atoms with Crippen LogP contribution in [0.15, 0.2) is 4.99 Å². The maximum absolute atomic E-state index is 10.4. The molecule has 2 heterocycles. The second-order valence-electron chi connectivity index (χ2n) is 4.26. The Morgan fingerprint density at radius 3 is 3.19 bits per heavy atom. The molecule has 0 saturated carbocycles. The Bertz CT molecular complexity index is 308. The van der Waals surface area contributed by atoms with E-state index in [-0.39, 0.29) is 6.42 Å². The van der Waals surface area contributed by atoms with Crippen LogP contribution in [0.3, 0.4) is 0 Å². The van der Waals surface area contributed by atoms with Gasteiger partial charge >= 0.3 is 5.97 Å². The Morgan fingerprint density at radius 1 is 1.62 bits per heavy atom. The monoisotopic (exact) mass is 243 g/mol. The molecule has 3 atom stereocenters. The van der Waals surface area contributed by atoms with Crippen molar-refractivity contribution in [2.24, 2.45) is 10.7 Å². The van der Waals surface area contributed by atoms with Gasteiger partial charge in [0.05, 0.1) is 12.1 Å². The average Bonchev–Trinajstić information content (AvgIpc) is 2.72. The van der Waals surface area contributed by atoms with Crippen LogP contribution in [-0.4, -0.2) is 40.1 Å². The van der Waals surface area contributed by atoms with E-state index in [1.165, 1.54) is 0 Å². The van der Waals surface area contributed by atoms with Crippen LogP contribution >= 0.6 is 11.8 Å². The summed E-state index contributed by atoms with van der Waals surface area (Å²) in [4.78, 5) is 14.7. The molecule has 1 unspecified atom stereocenters. The summed E-state index contributed by atoms with van der Waals surface area (Å²) >= 11 is 1.92. The number of carboxylic acids is 1. The van der Waals surface area contributed by atoms with E-state index < -0.39 is 5.97 Å². The summed E-state index contributed by atoms with van der Waals surface area (Å²) in [6, 6.07) is 0.698. The van der Waals surface area contributed by atoms with Gasteiger partial charge in [-0.25, -0.2) is 4.99 Å². The van der Waals surface area contributed by atoms with Gasteiger partial charge in [0.15, 0.2) is 5.96 Å². The molecule has 2 aliphatic heterocycles. The zero-order valence-electron chi connectivity index (χ0n) is 9.06. The van der Waals surface area contributed by atoms with Gasteiger partial charge in [-0.05, 0) is 12.8 Å². The summed E-state index contributed by atoms with van der Waals surface area (Å²) in [7, 11) is 0. The number of fused-ring (bicyclic) bond motifs is 1. The molecule has 0 aromatic carbocycles. The third kappa shape index (κ3) is 2.61. The van der Waals surface area contributed by atoms with Gasteiger partial charge in [0, 0.05) is 17.4 Å². The van der Waals surface area contributed by atoms with Crippen LogP contribution in [0.1, 0.15) is 25.7 Å². The number of guanidine groups is 1. The van der Waals surface area contributed by atoms with Crippen molar-refractivity contribution in [3.05, 3.63) is 0 Å². The first-order chi connectivity index (χ1) is 7.66. The summed E-state index contributed by atoms with van der Waals surface area (Å²) in [6.45, 7) is 0. The summed E-state index contributed by atoms with van der Waals surface area (Å²) < 4.78 is 0. The molecule has 2 rings (SSSR count). The molecular weight excluding hydrogens is 226 g/mol. The van der Waals surface area contributed by atoms with E-state index in [1.807, 2.05) is 11.8 Å². The first-order valence-corrected chi connectivity index (χ1v) is 6.65. The van der Waals surface area contributed by atoms with Crippen molar-refractivity contribution in [3.8, 4) is 0 Å². The lowest BCUT2D eigenvalue weighted by atomic mass is 10.0. The molecule has 5 nitrogen and oxygen atoms in total. The van der Waals surface area contributed by atoms with Gasteiger partial charge in [-0.2, -0.15) is 11.8 Å². The van der Waals surface area contributed by atoms with E-state index >= 15 is 0 Å². The van der Waals surface area contributed by atoms with Gasteiger partial charge < -0.3 is 16.2 Å². The van der Waals surface area contributed by atoms with E-state index in [2.05, 4.69) is 10.3 Å². The smallest absolute Gasteiger partial charge is 0.303 e. The number of hydrogen-bond donors (Lipinski definition) is 3. The van der Waals surface area contributed by atoms with Crippen molar-refractivity contribution in [1.82, 2.24) is 5.32 Å². The highest BCUT2D eigenvalue weighted by Gasteiger charge is 2.39. The number of aliphatic imine (C=N–C) groups is 1. The Balaban J connectivity index is 1.70. The molecule has 0 aromatic rings. The molecular formula is C10H17N3O2S. The molecule has 1 fully saturated rings. The van der Waals surface area contributed by atoms with Crippen molar-refractivity contribution in [3.63, 3.8) is 0 Å². The van der Waals surface area contributed by atoms with Gasteiger partial charge in [0.1, 0.15) is 0 Å². The van der Waals surface area contributed by atoms with Crippen molar-refractivity contribution in [2.45, 2.75) is 43.0 Å². The molecule has 90 valence electrons. The number of unbranched alkanes of at least 4 members (excludes halogenated alkanes) is 1. The SMILES string of the molecule is NC1=N[C@H]2CS[C@@H](CCCCC(=O)O)C2N1.